The summed E-state index contributed by atoms with van der Waals surface area (Å²) in [6.07, 6.45) is 3.31. The minimum atomic E-state index is -0.103. The summed E-state index contributed by atoms with van der Waals surface area (Å²) in [6, 6.07) is 18.3. The molecule has 0 saturated heterocycles. The van der Waals surface area contributed by atoms with Crippen LogP contribution in [0.25, 0.3) is 0 Å². The number of hydrogen-bond donors (Lipinski definition) is 1. The maximum absolute atomic E-state index is 13.8. The Balaban J connectivity index is 1.67. The van der Waals surface area contributed by atoms with E-state index in [9.17, 15) is 4.39 Å². The molecule has 0 aliphatic heterocycles. The highest BCUT2D eigenvalue weighted by atomic mass is 19.1. The lowest BCUT2D eigenvalue weighted by molar-refractivity contribution is 0.414. The van der Waals surface area contributed by atoms with Crippen LogP contribution in [-0.2, 0) is 6.42 Å². The monoisotopic (exact) mass is 283 g/mol. The summed E-state index contributed by atoms with van der Waals surface area (Å²) in [7, 11) is 0. The van der Waals surface area contributed by atoms with Crippen molar-refractivity contribution in [3.63, 3.8) is 0 Å². The van der Waals surface area contributed by atoms with E-state index in [1.807, 2.05) is 12.1 Å². The molecule has 1 aliphatic rings. The van der Waals surface area contributed by atoms with E-state index in [2.05, 4.69) is 42.6 Å². The summed E-state index contributed by atoms with van der Waals surface area (Å²) in [4.78, 5) is 0. The Hall–Kier alpha value is -1.67. The molecule has 1 nitrogen and oxygen atoms in total. The van der Waals surface area contributed by atoms with Gasteiger partial charge in [-0.2, -0.15) is 0 Å². The number of rotatable bonds is 6. The van der Waals surface area contributed by atoms with Crippen LogP contribution in [0.4, 0.5) is 4.39 Å². The first-order chi connectivity index (χ1) is 10.2. The molecular weight excluding hydrogens is 261 g/mol. The van der Waals surface area contributed by atoms with E-state index >= 15 is 0 Å². The minimum absolute atomic E-state index is 0.103. The summed E-state index contributed by atoms with van der Waals surface area (Å²) in [5, 5.41) is 3.70. The van der Waals surface area contributed by atoms with Gasteiger partial charge in [0.15, 0.2) is 0 Å². The highest BCUT2D eigenvalue weighted by molar-refractivity contribution is 5.22. The van der Waals surface area contributed by atoms with Gasteiger partial charge < -0.3 is 5.32 Å². The van der Waals surface area contributed by atoms with Crippen molar-refractivity contribution in [3.05, 3.63) is 71.5 Å². The van der Waals surface area contributed by atoms with E-state index in [4.69, 9.17) is 0 Å². The lowest BCUT2D eigenvalue weighted by Gasteiger charge is -2.24. The fourth-order valence-corrected chi connectivity index (χ4v) is 2.95. The van der Waals surface area contributed by atoms with E-state index in [1.165, 1.54) is 24.5 Å². The van der Waals surface area contributed by atoms with Crippen molar-refractivity contribution in [1.82, 2.24) is 5.32 Å². The zero-order valence-electron chi connectivity index (χ0n) is 12.4. The van der Waals surface area contributed by atoms with Gasteiger partial charge in [-0.15, -0.1) is 0 Å². The molecule has 2 unspecified atom stereocenters. The molecule has 110 valence electrons. The van der Waals surface area contributed by atoms with Crippen LogP contribution in [0.15, 0.2) is 54.6 Å². The molecule has 0 heterocycles. The zero-order chi connectivity index (χ0) is 14.7. The van der Waals surface area contributed by atoms with E-state index in [-0.39, 0.29) is 11.9 Å². The number of hydrogen-bond acceptors (Lipinski definition) is 1. The lowest BCUT2D eigenvalue weighted by atomic mass is 9.99. The van der Waals surface area contributed by atoms with Crippen LogP contribution >= 0.6 is 0 Å². The normalized spacial score (nSPS) is 17.4. The molecule has 2 aromatic carbocycles. The van der Waals surface area contributed by atoms with Gasteiger partial charge in [0.2, 0.25) is 0 Å². The third-order valence-electron chi connectivity index (χ3n) is 4.20. The predicted octanol–water partition coefficient (Wildman–Crippen LogP) is 4.50. The van der Waals surface area contributed by atoms with Crippen LogP contribution < -0.4 is 5.32 Å². The van der Waals surface area contributed by atoms with Crippen LogP contribution in [-0.4, -0.2) is 6.04 Å². The number of nitrogens with one attached hydrogen (secondary N) is 1. The second-order valence-corrected chi connectivity index (χ2v) is 6.09. The van der Waals surface area contributed by atoms with Gasteiger partial charge in [-0.25, -0.2) is 4.39 Å². The van der Waals surface area contributed by atoms with Crippen LogP contribution in [0.1, 0.15) is 36.9 Å². The molecule has 1 N–H and O–H groups in total. The van der Waals surface area contributed by atoms with Gasteiger partial charge in [0.25, 0.3) is 0 Å². The largest absolute Gasteiger partial charge is 0.307 e. The van der Waals surface area contributed by atoms with E-state index < -0.39 is 0 Å². The first-order valence-electron chi connectivity index (χ1n) is 7.78. The van der Waals surface area contributed by atoms with Crippen molar-refractivity contribution in [2.24, 2.45) is 5.92 Å². The second-order valence-electron chi connectivity index (χ2n) is 6.09. The van der Waals surface area contributed by atoms with Gasteiger partial charge in [-0.1, -0.05) is 48.5 Å². The molecule has 1 fully saturated rings. The molecule has 3 rings (SSSR count). The lowest BCUT2D eigenvalue weighted by Crippen LogP contribution is -2.33. The average molecular weight is 283 g/mol. The molecule has 1 aliphatic carbocycles. The molecular formula is C19H22FN. The standard InChI is InChI=1S/C19H22FN/c1-14(13-17-9-5-6-10-18(17)20)21-19(16-11-12-16)15-7-3-2-4-8-15/h2-10,14,16,19,21H,11-13H2,1H3. The third-order valence-corrected chi connectivity index (χ3v) is 4.20. The molecule has 21 heavy (non-hydrogen) atoms. The van der Waals surface area contributed by atoms with E-state index in [0.717, 1.165) is 17.9 Å². The van der Waals surface area contributed by atoms with Crippen molar-refractivity contribution in [3.8, 4) is 0 Å². The van der Waals surface area contributed by atoms with Crippen molar-refractivity contribution in [2.45, 2.75) is 38.3 Å². The maximum atomic E-state index is 13.8. The van der Waals surface area contributed by atoms with Crippen molar-refractivity contribution in [1.29, 1.82) is 0 Å². The molecule has 2 heteroatoms. The minimum Gasteiger partial charge on any atom is -0.307 e. The fraction of sp³-hybridized carbons (Fsp3) is 0.368. The van der Waals surface area contributed by atoms with Gasteiger partial charge in [0, 0.05) is 12.1 Å². The van der Waals surface area contributed by atoms with Gasteiger partial charge >= 0.3 is 0 Å². The molecule has 0 aromatic heterocycles. The Morgan fingerprint density at radius 2 is 1.71 bits per heavy atom. The third kappa shape index (κ3) is 3.70. The molecule has 2 atom stereocenters. The Morgan fingerprint density at radius 3 is 2.38 bits per heavy atom. The molecule has 0 amide bonds. The Kier molecular flexibility index (Phi) is 4.35. The molecule has 1 saturated carbocycles. The van der Waals surface area contributed by atoms with Crippen LogP contribution in [0, 0.1) is 11.7 Å². The van der Waals surface area contributed by atoms with Gasteiger partial charge in [0.1, 0.15) is 5.82 Å². The summed E-state index contributed by atoms with van der Waals surface area (Å²) in [6.45, 7) is 2.14. The quantitative estimate of drug-likeness (QED) is 0.823. The SMILES string of the molecule is CC(Cc1ccccc1F)NC(c1ccccc1)C1CC1. The summed E-state index contributed by atoms with van der Waals surface area (Å²) in [5.41, 5.74) is 2.14. The summed E-state index contributed by atoms with van der Waals surface area (Å²) >= 11 is 0. The fourth-order valence-electron chi connectivity index (χ4n) is 2.95. The van der Waals surface area contributed by atoms with E-state index in [0.29, 0.717) is 6.04 Å². The maximum Gasteiger partial charge on any atom is 0.126 e. The van der Waals surface area contributed by atoms with Crippen LogP contribution in [0.3, 0.4) is 0 Å². The molecule has 0 bridgehead atoms. The Morgan fingerprint density at radius 1 is 1.05 bits per heavy atom. The Labute approximate surface area is 126 Å². The molecule has 0 radical (unpaired) electrons. The first-order valence-corrected chi connectivity index (χ1v) is 7.78. The topological polar surface area (TPSA) is 12.0 Å². The molecule has 0 spiro atoms. The van der Waals surface area contributed by atoms with Gasteiger partial charge in [-0.3, -0.25) is 0 Å². The molecule has 2 aromatic rings. The summed E-state index contributed by atoms with van der Waals surface area (Å²) in [5.74, 6) is 0.629. The van der Waals surface area contributed by atoms with Crippen LogP contribution in [0.2, 0.25) is 0 Å². The summed E-state index contributed by atoms with van der Waals surface area (Å²) < 4.78 is 13.8. The van der Waals surface area contributed by atoms with E-state index in [1.54, 1.807) is 6.07 Å². The number of halogens is 1. The van der Waals surface area contributed by atoms with Crippen molar-refractivity contribution in [2.75, 3.05) is 0 Å². The zero-order valence-corrected chi connectivity index (χ0v) is 12.4. The number of benzene rings is 2. The van der Waals surface area contributed by atoms with Crippen molar-refractivity contribution >= 4 is 0 Å². The first kappa shape index (κ1) is 14.3. The van der Waals surface area contributed by atoms with Crippen LogP contribution in [0.5, 0.6) is 0 Å². The average Bonchev–Trinajstić information content (AvgIpc) is 3.33. The smallest absolute Gasteiger partial charge is 0.126 e. The Bertz CT molecular complexity index is 577. The van der Waals surface area contributed by atoms with Crippen molar-refractivity contribution < 1.29 is 4.39 Å². The highest BCUT2D eigenvalue weighted by Gasteiger charge is 2.32. The van der Waals surface area contributed by atoms with Gasteiger partial charge in [-0.05, 0) is 49.3 Å². The predicted molar refractivity (Wildman–Crippen MR) is 84.6 cm³/mol. The van der Waals surface area contributed by atoms with Gasteiger partial charge in [0.05, 0.1) is 0 Å². The highest BCUT2D eigenvalue weighted by Crippen LogP contribution is 2.41. The second kappa shape index (κ2) is 6.40.